The van der Waals surface area contributed by atoms with E-state index in [2.05, 4.69) is 53.5 Å². The van der Waals surface area contributed by atoms with Crippen molar-refractivity contribution in [3.8, 4) is 0 Å². The SMILES string of the molecule is CCc1cc(CNC)cc(N2Cc3ccccc3C2)n1. The van der Waals surface area contributed by atoms with Crippen LogP contribution >= 0.6 is 0 Å². The van der Waals surface area contributed by atoms with Gasteiger partial charge in [-0.3, -0.25) is 0 Å². The predicted octanol–water partition coefficient (Wildman–Crippen LogP) is 2.88. The molecule has 0 radical (unpaired) electrons. The molecule has 0 unspecified atom stereocenters. The van der Waals surface area contributed by atoms with Gasteiger partial charge in [-0.2, -0.15) is 0 Å². The van der Waals surface area contributed by atoms with Crippen LogP contribution in [0.4, 0.5) is 5.82 Å². The average Bonchev–Trinajstić information content (AvgIpc) is 2.91. The lowest BCUT2D eigenvalue weighted by Gasteiger charge is -2.18. The number of hydrogen-bond donors (Lipinski definition) is 1. The molecular formula is C17H21N3. The Kier molecular flexibility index (Phi) is 3.70. The van der Waals surface area contributed by atoms with Crippen LogP contribution in [0.3, 0.4) is 0 Å². The fourth-order valence-corrected chi connectivity index (χ4v) is 2.78. The van der Waals surface area contributed by atoms with Crippen LogP contribution in [0, 0.1) is 0 Å². The van der Waals surface area contributed by atoms with Gasteiger partial charge in [0.1, 0.15) is 5.82 Å². The highest BCUT2D eigenvalue weighted by Crippen LogP contribution is 2.27. The van der Waals surface area contributed by atoms with Crippen molar-refractivity contribution in [2.45, 2.75) is 33.0 Å². The molecule has 3 heteroatoms. The largest absolute Gasteiger partial charge is 0.348 e. The van der Waals surface area contributed by atoms with Gasteiger partial charge < -0.3 is 10.2 Å². The van der Waals surface area contributed by atoms with Crippen LogP contribution in [-0.4, -0.2) is 12.0 Å². The van der Waals surface area contributed by atoms with Crippen molar-refractivity contribution in [3.63, 3.8) is 0 Å². The highest BCUT2D eigenvalue weighted by Gasteiger charge is 2.20. The molecule has 3 nitrogen and oxygen atoms in total. The van der Waals surface area contributed by atoms with Gasteiger partial charge in [0, 0.05) is 25.3 Å². The van der Waals surface area contributed by atoms with E-state index in [1.54, 1.807) is 0 Å². The van der Waals surface area contributed by atoms with Gasteiger partial charge in [-0.25, -0.2) is 4.98 Å². The van der Waals surface area contributed by atoms with E-state index in [1.807, 2.05) is 7.05 Å². The Morgan fingerprint density at radius 3 is 2.45 bits per heavy atom. The van der Waals surface area contributed by atoms with E-state index in [9.17, 15) is 0 Å². The summed E-state index contributed by atoms with van der Waals surface area (Å²) in [6.45, 7) is 4.99. The zero-order valence-corrected chi connectivity index (χ0v) is 12.2. The van der Waals surface area contributed by atoms with Gasteiger partial charge in [-0.1, -0.05) is 31.2 Å². The first-order valence-electron chi connectivity index (χ1n) is 7.26. The molecule has 1 aromatic carbocycles. The molecule has 0 bridgehead atoms. The number of hydrogen-bond acceptors (Lipinski definition) is 3. The molecule has 0 aliphatic carbocycles. The molecule has 0 spiro atoms. The van der Waals surface area contributed by atoms with Gasteiger partial charge in [-0.05, 0) is 42.3 Å². The second-order valence-corrected chi connectivity index (χ2v) is 5.33. The zero-order chi connectivity index (χ0) is 13.9. The quantitative estimate of drug-likeness (QED) is 0.923. The van der Waals surface area contributed by atoms with Crippen LogP contribution in [0.25, 0.3) is 0 Å². The van der Waals surface area contributed by atoms with Crippen LogP contribution < -0.4 is 10.2 Å². The van der Waals surface area contributed by atoms with Gasteiger partial charge in [0.05, 0.1) is 0 Å². The molecule has 3 rings (SSSR count). The Morgan fingerprint density at radius 2 is 1.85 bits per heavy atom. The lowest BCUT2D eigenvalue weighted by atomic mass is 10.1. The zero-order valence-electron chi connectivity index (χ0n) is 12.2. The summed E-state index contributed by atoms with van der Waals surface area (Å²) < 4.78 is 0. The van der Waals surface area contributed by atoms with Gasteiger partial charge in [0.15, 0.2) is 0 Å². The van der Waals surface area contributed by atoms with E-state index in [4.69, 9.17) is 4.98 Å². The van der Waals surface area contributed by atoms with E-state index in [0.29, 0.717) is 0 Å². The molecule has 1 N–H and O–H groups in total. The summed E-state index contributed by atoms with van der Waals surface area (Å²) in [4.78, 5) is 7.16. The Hall–Kier alpha value is -1.87. The van der Waals surface area contributed by atoms with Crippen LogP contribution in [0.1, 0.15) is 29.3 Å². The monoisotopic (exact) mass is 267 g/mol. The van der Waals surface area contributed by atoms with Crippen LogP contribution in [0.2, 0.25) is 0 Å². The first-order valence-corrected chi connectivity index (χ1v) is 7.26. The molecular weight excluding hydrogens is 246 g/mol. The summed E-state index contributed by atoms with van der Waals surface area (Å²) in [6.07, 6.45) is 0.978. The van der Waals surface area contributed by atoms with E-state index >= 15 is 0 Å². The van der Waals surface area contributed by atoms with E-state index in [-0.39, 0.29) is 0 Å². The number of aromatic nitrogens is 1. The van der Waals surface area contributed by atoms with Crippen molar-refractivity contribution in [2.24, 2.45) is 0 Å². The molecule has 0 amide bonds. The number of nitrogens with zero attached hydrogens (tertiary/aromatic N) is 2. The highest BCUT2D eigenvalue weighted by atomic mass is 15.2. The minimum atomic E-state index is 0.892. The first kappa shape index (κ1) is 13.1. The Morgan fingerprint density at radius 1 is 1.15 bits per heavy atom. The maximum Gasteiger partial charge on any atom is 0.129 e. The smallest absolute Gasteiger partial charge is 0.129 e. The topological polar surface area (TPSA) is 28.2 Å². The van der Waals surface area contributed by atoms with Crippen molar-refractivity contribution in [1.29, 1.82) is 0 Å². The Bertz CT molecular complexity index is 582. The number of rotatable bonds is 4. The third kappa shape index (κ3) is 2.54. The van der Waals surface area contributed by atoms with E-state index in [1.165, 1.54) is 22.4 Å². The summed E-state index contributed by atoms with van der Waals surface area (Å²) in [5.74, 6) is 1.10. The van der Waals surface area contributed by atoms with Crippen molar-refractivity contribution >= 4 is 5.82 Å². The second-order valence-electron chi connectivity index (χ2n) is 5.33. The lowest BCUT2D eigenvalue weighted by Crippen LogP contribution is -2.17. The van der Waals surface area contributed by atoms with Crippen LogP contribution in [0.5, 0.6) is 0 Å². The summed E-state index contributed by atoms with van der Waals surface area (Å²) in [5, 5.41) is 3.22. The number of benzene rings is 1. The number of pyridine rings is 1. The summed E-state index contributed by atoms with van der Waals surface area (Å²) in [7, 11) is 1.98. The highest BCUT2D eigenvalue weighted by molar-refractivity contribution is 5.49. The maximum absolute atomic E-state index is 4.80. The molecule has 104 valence electrons. The Balaban J connectivity index is 1.89. The summed E-state index contributed by atoms with van der Waals surface area (Å²) in [6, 6.07) is 13.1. The molecule has 1 aliphatic heterocycles. The standard InChI is InChI=1S/C17H21N3/c1-3-16-8-13(10-18-2)9-17(19-16)20-11-14-6-4-5-7-15(14)12-20/h4-9,18H,3,10-12H2,1-2H3. The number of aryl methyl sites for hydroxylation is 1. The van der Waals surface area contributed by atoms with Crippen molar-refractivity contribution < 1.29 is 0 Å². The van der Waals surface area contributed by atoms with Gasteiger partial charge >= 0.3 is 0 Å². The lowest BCUT2D eigenvalue weighted by molar-refractivity contribution is 0.799. The molecule has 0 saturated carbocycles. The Labute approximate surface area is 120 Å². The molecule has 0 atom stereocenters. The second kappa shape index (κ2) is 5.63. The third-order valence-corrected chi connectivity index (χ3v) is 3.83. The summed E-state index contributed by atoms with van der Waals surface area (Å²) in [5.41, 5.74) is 5.33. The predicted molar refractivity (Wildman–Crippen MR) is 82.7 cm³/mol. The van der Waals surface area contributed by atoms with Crippen molar-refractivity contribution in [3.05, 3.63) is 58.8 Å². The van der Waals surface area contributed by atoms with Gasteiger partial charge in [0.25, 0.3) is 0 Å². The van der Waals surface area contributed by atoms with E-state index in [0.717, 1.165) is 31.9 Å². The molecule has 1 aliphatic rings. The maximum atomic E-state index is 4.80. The molecule has 0 saturated heterocycles. The van der Waals surface area contributed by atoms with Crippen molar-refractivity contribution in [1.82, 2.24) is 10.3 Å². The molecule has 1 aromatic heterocycles. The minimum absolute atomic E-state index is 0.892. The van der Waals surface area contributed by atoms with Crippen LogP contribution in [0.15, 0.2) is 36.4 Å². The average molecular weight is 267 g/mol. The van der Waals surface area contributed by atoms with Crippen molar-refractivity contribution in [2.75, 3.05) is 11.9 Å². The van der Waals surface area contributed by atoms with E-state index < -0.39 is 0 Å². The minimum Gasteiger partial charge on any atom is -0.348 e. The molecule has 20 heavy (non-hydrogen) atoms. The fourth-order valence-electron chi connectivity index (χ4n) is 2.78. The summed E-state index contributed by atoms with van der Waals surface area (Å²) >= 11 is 0. The normalized spacial score (nSPS) is 13.6. The molecule has 2 heterocycles. The number of fused-ring (bicyclic) bond motifs is 1. The fraction of sp³-hybridized carbons (Fsp3) is 0.353. The van der Waals surface area contributed by atoms with Gasteiger partial charge in [-0.15, -0.1) is 0 Å². The molecule has 0 fully saturated rings. The van der Waals surface area contributed by atoms with Gasteiger partial charge in [0.2, 0.25) is 0 Å². The van der Waals surface area contributed by atoms with Crippen LogP contribution in [-0.2, 0) is 26.1 Å². The third-order valence-electron chi connectivity index (χ3n) is 3.83. The molecule has 2 aromatic rings. The number of nitrogens with one attached hydrogen (secondary N) is 1. The number of anilines is 1. The first-order chi connectivity index (χ1) is 9.80.